The summed E-state index contributed by atoms with van der Waals surface area (Å²) in [6, 6.07) is 15.8. The molecule has 1 aromatic heterocycles. The topological polar surface area (TPSA) is 54.7 Å². The molecular weight excluding hydrogens is 416 g/mol. The highest BCUT2D eigenvalue weighted by Crippen LogP contribution is 2.31. The highest BCUT2D eigenvalue weighted by molar-refractivity contribution is 6.30. The first kappa shape index (κ1) is 21.8. The monoisotopic (exact) mass is 442 g/mol. The summed E-state index contributed by atoms with van der Waals surface area (Å²) in [5, 5.41) is 0.735. The largest absolute Gasteiger partial charge is 0.497 e. The third-order valence-electron chi connectivity index (χ3n) is 5.31. The Bertz CT molecular complexity index is 948. The van der Waals surface area contributed by atoms with Crippen LogP contribution < -0.4 is 4.74 Å². The fourth-order valence-electron chi connectivity index (χ4n) is 3.71. The highest BCUT2D eigenvalue weighted by Gasteiger charge is 2.41. The molecule has 3 aromatic rings. The summed E-state index contributed by atoms with van der Waals surface area (Å²) in [5.74, 6) is 0.104. The number of imidazole rings is 1. The third kappa shape index (κ3) is 6.08. The number of methoxy groups -OCH3 is 1. The Hall–Kier alpha value is -2.38. The number of rotatable bonds is 10. The lowest BCUT2D eigenvalue weighted by Crippen LogP contribution is -2.37. The van der Waals surface area contributed by atoms with Gasteiger partial charge in [-0.15, -0.1) is 0 Å². The average Bonchev–Trinajstić information content (AvgIpc) is 3.44. The molecule has 0 bridgehead atoms. The van der Waals surface area contributed by atoms with Crippen molar-refractivity contribution in [3.8, 4) is 5.75 Å². The Morgan fingerprint density at radius 1 is 1.19 bits per heavy atom. The Labute approximate surface area is 187 Å². The van der Waals surface area contributed by atoms with Gasteiger partial charge >= 0.3 is 0 Å². The van der Waals surface area contributed by atoms with Gasteiger partial charge < -0.3 is 23.5 Å². The molecule has 164 valence electrons. The van der Waals surface area contributed by atoms with Crippen molar-refractivity contribution in [1.29, 1.82) is 0 Å². The number of aromatic nitrogens is 2. The van der Waals surface area contributed by atoms with E-state index in [0.717, 1.165) is 29.2 Å². The minimum atomic E-state index is -0.718. The van der Waals surface area contributed by atoms with E-state index >= 15 is 0 Å². The van der Waals surface area contributed by atoms with Crippen LogP contribution in [0.3, 0.4) is 0 Å². The van der Waals surface area contributed by atoms with Gasteiger partial charge in [0.2, 0.25) is 0 Å². The summed E-state index contributed by atoms with van der Waals surface area (Å²) in [6.07, 6.45) is 6.88. The number of hydrogen-bond donors (Lipinski definition) is 0. The van der Waals surface area contributed by atoms with E-state index in [1.807, 2.05) is 59.3 Å². The van der Waals surface area contributed by atoms with Crippen molar-refractivity contribution in [2.24, 2.45) is 0 Å². The van der Waals surface area contributed by atoms with Crippen LogP contribution in [0.1, 0.15) is 17.5 Å². The lowest BCUT2D eigenvalue weighted by Gasteiger charge is -2.28. The summed E-state index contributed by atoms with van der Waals surface area (Å²) in [7, 11) is 1.66. The Kier molecular flexibility index (Phi) is 7.25. The van der Waals surface area contributed by atoms with E-state index < -0.39 is 5.79 Å². The van der Waals surface area contributed by atoms with E-state index in [0.29, 0.717) is 26.4 Å². The molecular formula is C24H27ClN2O4. The van der Waals surface area contributed by atoms with E-state index in [4.69, 9.17) is 30.5 Å². The number of aryl methyl sites for hydroxylation is 1. The van der Waals surface area contributed by atoms with Crippen molar-refractivity contribution in [1.82, 2.24) is 9.55 Å². The van der Waals surface area contributed by atoms with Gasteiger partial charge in [-0.1, -0.05) is 35.9 Å². The summed E-state index contributed by atoms with van der Waals surface area (Å²) in [5.41, 5.74) is 2.25. The second kappa shape index (κ2) is 10.3. The van der Waals surface area contributed by atoms with E-state index in [1.165, 1.54) is 5.56 Å². The van der Waals surface area contributed by atoms with Crippen LogP contribution in [0.15, 0.2) is 67.3 Å². The molecule has 4 rings (SSSR count). The van der Waals surface area contributed by atoms with E-state index in [2.05, 4.69) is 4.98 Å². The quantitative estimate of drug-likeness (QED) is 0.462. The smallest absolute Gasteiger partial charge is 0.187 e. The molecule has 1 aliphatic heterocycles. The average molecular weight is 443 g/mol. The van der Waals surface area contributed by atoms with Crippen molar-refractivity contribution in [3.05, 3.63) is 83.4 Å². The van der Waals surface area contributed by atoms with Crippen molar-refractivity contribution >= 4 is 11.6 Å². The predicted octanol–water partition coefficient (Wildman–Crippen LogP) is 4.51. The lowest BCUT2D eigenvalue weighted by molar-refractivity contribution is -0.187. The Balaban J connectivity index is 1.35. The standard InChI is InChI=1S/C24H27ClN2O4/c1-28-22-4-2-3-20(13-22)14-29-15-23-16-30-24(31-23,17-27-12-11-26-18-27)10-9-19-5-7-21(25)8-6-19/h2-8,11-13,18,23H,9-10,14-17H2,1H3. The second-order valence-corrected chi connectivity index (χ2v) is 8.13. The van der Waals surface area contributed by atoms with Crippen molar-refractivity contribution in [2.75, 3.05) is 20.3 Å². The van der Waals surface area contributed by atoms with E-state index in [9.17, 15) is 0 Å². The third-order valence-corrected chi connectivity index (χ3v) is 5.56. The van der Waals surface area contributed by atoms with Gasteiger partial charge in [-0.3, -0.25) is 0 Å². The maximum atomic E-state index is 6.40. The number of benzene rings is 2. The molecule has 7 heteroatoms. The molecule has 0 saturated carbocycles. The molecule has 0 aliphatic carbocycles. The molecule has 1 aliphatic rings. The van der Waals surface area contributed by atoms with Crippen LogP contribution in [0, 0.1) is 0 Å². The van der Waals surface area contributed by atoms with Gasteiger partial charge in [-0.05, 0) is 41.8 Å². The van der Waals surface area contributed by atoms with Crippen LogP contribution in [0.25, 0.3) is 0 Å². The molecule has 0 amide bonds. The van der Waals surface area contributed by atoms with Crippen LogP contribution in [-0.2, 0) is 33.8 Å². The van der Waals surface area contributed by atoms with E-state index in [-0.39, 0.29) is 6.10 Å². The van der Waals surface area contributed by atoms with Gasteiger partial charge in [0, 0.05) is 23.8 Å². The normalized spacial score (nSPS) is 20.8. The number of nitrogens with zero attached hydrogens (tertiary/aromatic N) is 2. The molecule has 2 atom stereocenters. The molecule has 1 fully saturated rings. The molecule has 0 radical (unpaired) electrons. The van der Waals surface area contributed by atoms with Crippen molar-refractivity contribution in [3.63, 3.8) is 0 Å². The summed E-state index contributed by atoms with van der Waals surface area (Å²) in [6.45, 7) is 2.03. The molecule has 0 N–H and O–H groups in total. The first-order valence-electron chi connectivity index (χ1n) is 10.4. The van der Waals surface area contributed by atoms with Gasteiger partial charge in [-0.2, -0.15) is 0 Å². The summed E-state index contributed by atoms with van der Waals surface area (Å²) in [4.78, 5) is 4.14. The van der Waals surface area contributed by atoms with Crippen LogP contribution in [0.4, 0.5) is 0 Å². The molecule has 1 saturated heterocycles. The van der Waals surface area contributed by atoms with Crippen LogP contribution in [-0.4, -0.2) is 41.8 Å². The van der Waals surface area contributed by atoms with Gasteiger partial charge in [0.05, 0.1) is 39.8 Å². The maximum absolute atomic E-state index is 6.40. The zero-order chi connectivity index (χ0) is 21.5. The Morgan fingerprint density at radius 2 is 2.06 bits per heavy atom. The number of hydrogen-bond acceptors (Lipinski definition) is 5. The minimum absolute atomic E-state index is 0.126. The number of halogens is 1. The highest BCUT2D eigenvalue weighted by atomic mass is 35.5. The lowest BCUT2D eigenvalue weighted by atomic mass is 10.0. The molecule has 2 heterocycles. The van der Waals surface area contributed by atoms with Crippen molar-refractivity contribution in [2.45, 2.75) is 37.9 Å². The fraction of sp³-hybridized carbons (Fsp3) is 0.375. The zero-order valence-electron chi connectivity index (χ0n) is 17.6. The van der Waals surface area contributed by atoms with Crippen LogP contribution in [0.5, 0.6) is 5.75 Å². The summed E-state index contributed by atoms with van der Waals surface area (Å²) >= 11 is 6.01. The van der Waals surface area contributed by atoms with E-state index in [1.54, 1.807) is 19.6 Å². The maximum Gasteiger partial charge on any atom is 0.187 e. The predicted molar refractivity (Wildman–Crippen MR) is 118 cm³/mol. The fourth-order valence-corrected chi connectivity index (χ4v) is 3.83. The SMILES string of the molecule is COc1cccc(COCC2COC(CCc3ccc(Cl)cc3)(Cn3ccnc3)O2)c1. The minimum Gasteiger partial charge on any atom is -0.497 e. The van der Waals surface area contributed by atoms with Gasteiger partial charge in [0.1, 0.15) is 11.9 Å². The zero-order valence-corrected chi connectivity index (χ0v) is 18.3. The number of ether oxygens (including phenoxy) is 4. The van der Waals surface area contributed by atoms with Crippen LogP contribution >= 0.6 is 11.6 Å². The van der Waals surface area contributed by atoms with Gasteiger partial charge in [0.15, 0.2) is 5.79 Å². The molecule has 6 nitrogen and oxygen atoms in total. The molecule has 31 heavy (non-hydrogen) atoms. The molecule has 2 aromatic carbocycles. The first-order chi connectivity index (χ1) is 15.1. The van der Waals surface area contributed by atoms with Crippen molar-refractivity contribution < 1.29 is 18.9 Å². The molecule has 0 spiro atoms. The molecule has 2 unspecified atom stereocenters. The first-order valence-corrected chi connectivity index (χ1v) is 10.7. The van der Waals surface area contributed by atoms with Gasteiger partial charge in [-0.25, -0.2) is 4.98 Å². The van der Waals surface area contributed by atoms with Gasteiger partial charge in [0.25, 0.3) is 0 Å². The second-order valence-electron chi connectivity index (χ2n) is 7.69. The Morgan fingerprint density at radius 3 is 2.84 bits per heavy atom. The van der Waals surface area contributed by atoms with Crippen LogP contribution in [0.2, 0.25) is 5.02 Å². The summed E-state index contributed by atoms with van der Waals surface area (Å²) < 4.78 is 25.8.